The molecular weight excluding hydrogens is 324 g/mol. The molecule has 2 aromatic carbocycles. The summed E-state index contributed by atoms with van der Waals surface area (Å²) in [6, 6.07) is 18.2. The molecule has 0 saturated heterocycles. The Balaban J connectivity index is 1.52. The number of nitrogens with zero attached hydrogens (tertiary/aromatic N) is 2. The zero-order chi connectivity index (χ0) is 18.1. The molecule has 0 aliphatic carbocycles. The minimum atomic E-state index is -0.175. The number of fused-ring (bicyclic) bond motifs is 1. The van der Waals surface area contributed by atoms with Crippen molar-refractivity contribution in [2.24, 2.45) is 0 Å². The summed E-state index contributed by atoms with van der Waals surface area (Å²) in [4.78, 5) is 15.7. The lowest BCUT2D eigenvalue weighted by atomic mass is 10.1. The number of nitrogens with one attached hydrogen (secondary N) is 2. The van der Waals surface area contributed by atoms with Crippen LogP contribution in [0.15, 0.2) is 67.0 Å². The maximum Gasteiger partial charge on any atom is 0.272 e. The van der Waals surface area contributed by atoms with Crippen molar-refractivity contribution in [3.05, 3.63) is 83.8 Å². The zero-order valence-electron chi connectivity index (χ0n) is 14.7. The molecular formula is C21H20N4O. The van der Waals surface area contributed by atoms with Gasteiger partial charge in [0.15, 0.2) is 0 Å². The number of hydrogen-bond acceptors (Lipinski definition) is 2. The van der Waals surface area contributed by atoms with Gasteiger partial charge in [0.1, 0.15) is 5.69 Å². The molecule has 130 valence electrons. The quantitative estimate of drug-likeness (QED) is 0.571. The largest absolute Gasteiger partial charge is 0.351 e. The van der Waals surface area contributed by atoms with Gasteiger partial charge in [0.25, 0.3) is 5.91 Å². The van der Waals surface area contributed by atoms with Crippen molar-refractivity contribution in [2.75, 3.05) is 5.32 Å². The van der Waals surface area contributed by atoms with E-state index in [0.29, 0.717) is 11.4 Å². The molecule has 1 amide bonds. The van der Waals surface area contributed by atoms with E-state index in [9.17, 15) is 4.79 Å². The van der Waals surface area contributed by atoms with Crippen LogP contribution in [0, 0.1) is 6.92 Å². The molecule has 0 spiro atoms. The fourth-order valence-corrected chi connectivity index (χ4v) is 3.06. The number of carbonyl (C=O) groups excluding carboxylic acids is 1. The van der Waals surface area contributed by atoms with Gasteiger partial charge in [-0.3, -0.25) is 9.48 Å². The molecule has 2 N–H and O–H groups in total. The van der Waals surface area contributed by atoms with Crippen LogP contribution in [0.1, 0.15) is 34.6 Å². The third-order valence-electron chi connectivity index (χ3n) is 4.56. The Kier molecular flexibility index (Phi) is 4.05. The number of benzene rings is 2. The average molecular weight is 344 g/mol. The first-order valence-electron chi connectivity index (χ1n) is 8.60. The van der Waals surface area contributed by atoms with E-state index in [2.05, 4.69) is 34.5 Å². The number of amides is 1. The number of aromatic amines is 1. The maximum absolute atomic E-state index is 12.5. The second-order valence-electron chi connectivity index (χ2n) is 6.52. The van der Waals surface area contributed by atoms with Crippen LogP contribution in [-0.4, -0.2) is 20.7 Å². The standard InChI is InChI=1S/C21H20N4O/c1-14-8-9-17-11-20(24-19(17)10-14)21(26)23-18-12-22-25(13-18)15(2)16-6-4-3-5-7-16/h3-13,15,24H,1-2H3,(H,23,26). The molecule has 0 bridgehead atoms. The number of anilines is 1. The first-order chi connectivity index (χ1) is 12.6. The molecule has 0 radical (unpaired) electrons. The SMILES string of the molecule is Cc1ccc2cc(C(=O)Nc3cnn(C(C)c4ccccc4)c3)[nH]c2c1. The number of rotatable bonds is 4. The van der Waals surface area contributed by atoms with Crippen LogP contribution in [0.25, 0.3) is 10.9 Å². The van der Waals surface area contributed by atoms with E-state index in [0.717, 1.165) is 16.5 Å². The van der Waals surface area contributed by atoms with Gasteiger partial charge in [0, 0.05) is 17.1 Å². The lowest BCUT2D eigenvalue weighted by Gasteiger charge is -2.12. The third-order valence-corrected chi connectivity index (χ3v) is 4.56. The van der Waals surface area contributed by atoms with Gasteiger partial charge in [-0.15, -0.1) is 0 Å². The Morgan fingerprint density at radius 1 is 1.15 bits per heavy atom. The summed E-state index contributed by atoms with van der Waals surface area (Å²) in [6.45, 7) is 4.11. The normalized spacial score (nSPS) is 12.2. The average Bonchev–Trinajstić information content (AvgIpc) is 3.28. The van der Waals surface area contributed by atoms with Crippen LogP contribution < -0.4 is 5.32 Å². The molecule has 0 aliphatic heterocycles. The van der Waals surface area contributed by atoms with Gasteiger partial charge in [0.2, 0.25) is 0 Å². The molecule has 0 saturated carbocycles. The van der Waals surface area contributed by atoms with Crippen molar-refractivity contribution in [1.82, 2.24) is 14.8 Å². The summed E-state index contributed by atoms with van der Waals surface area (Å²) >= 11 is 0. The lowest BCUT2D eigenvalue weighted by Crippen LogP contribution is -2.12. The van der Waals surface area contributed by atoms with Gasteiger partial charge in [-0.2, -0.15) is 5.10 Å². The predicted molar refractivity (Wildman–Crippen MR) is 103 cm³/mol. The van der Waals surface area contributed by atoms with Gasteiger partial charge in [-0.05, 0) is 37.1 Å². The van der Waals surface area contributed by atoms with E-state index in [1.165, 1.54) is 5.56 Å². The maximum atomic E-state index is 12.5. The number of carbonyl (C=O) groups is 1. The molecule has 2 heterocycles. The van der Waals surface area contributed by atoms with Crippen LogP contribution in [-0.2, 0) is 0 Å². The Bertz CT molecular complexity index is 1060. The minimum absolute atomic E-state index is 0.0953. The van der Waals surface area contributed by atoms with Crippen molar-refractivity contribution >= 4 is 22.5 Å². The van der Waals surface area contributed by atoms with E-state index in [1.54, 1.807) is 6.20 Å². The molecule has 26 heavy (non-hydrogen) atoms. The molecule has 0 aliphatic rings. The van der Waals surface area contributed by atoms with Crippen LogP contribution >= 0.6 is 0 Å². The van der Waals surface area contributed by atoms with Crippen molar-refractivity contribution < 1.29 is 4.79 Å². The third kappa shape index (κ3) is 3.11. The topological polar surface area (TPSA) is 62.7 Å². The number of aromatic nitrogens is 3. The summed E-state index contributed by atoms with van der Waals surface area (Å²) in [5.74, 6) is -0.175. The first-order valence-corrected chi connectivity index (χ1v) is 8.60. The fourth-order valence-electron chi connectivity index (χ4n) is 3.06. The summed E-state index contributed by atoms with van der Waals surface area (Å²) < 4.78 is 1.85. The van der Waals surface area contributed by atoms with Gasteiger partial charge < -0.3 is 10.3 Å². The summed E-state index contributed by atoms with van der Waals surface area (Å²) in [6.07, 6.45) is 3.52. The number of hydrogen-bond donors (Lipinski definition) is 2. The van der Waals surface area contributed by atoms with Crippen LogP contribution in [0.5, 0.6) is 0 Å². The van der Waals surface area contributed by atoms with Crippen molar-refractivity contribution in [2.45, 2.75) is 19.9 Å². The highest BCUT2D eigenvalue weighted by atomic mass is 16.1. The second kappa shape index (κ2) is 6.52. The molecule has 4 rings (SSSR count). The molecule has 0 fully saturated rings. The predicted octanol–water partition coefficient (Wildman–Crippen LogP) is 4.53. The Hall–Kier alpha value is -3.34. The fraction of sp³-hybridized carbons (Fsp3) is 0.143. The summed E-state index contributed by atoms with van der Waals surface area (Å²) in [7, 11) is 0. The molecule has 4 aromatic rings. The van der Waals surface area contributed by atoms with Gasteiger partial charge in [-0.1, -0.05) is 42.5 Å². The molecule has 5 nitrogen and oxygen atoms in total. The Morgan fingerprint density at radius 3 is 2.77 bits per heavy atom. The molecule has 1 unspecified atom stereocenters. The summed E-state index contributed by atoms with van der Waals surface area (Å²) in [5, 5.41) is 8.31. The van der Waals surface area contributed by atoms with Crippen molar-refractivity contribution in [3.8, 4) is 0 Å². The highest BCUT2D eigenvalue weighted by Gasteiger charge is 2.13. The zero-order valence-corrected chi connectivity index (χ0v) is 14.7. The summed E-state index contributed by atoms with van der Waals surface area (Å²) in [5.41, 5.74) is 4.49. The first kappa shape index (κ1) is 16.1. The molecule has 5 heteroatoms. The molecule has 1 atom stereocenters. The van der Waals surface area contributed by atoms with Gasteiger partial charge in [-0.25, -0.2) is 0 Å². The highest BCUT2D eigenvalue weighted by molar-refractivity contribution is 6.05. The van der Waals surface area contributed by atoms with E-state index < -0.39 is 0 Å². The second-order valence-corrected chi connectivity index (χ2v) is 6.52. The minimum Gasteiger partial charge on any atom is -0.351 e. The van der Waals surface area contributed by atoms with Crippen LogP contribution in [0.4, 0.5) is 5.69 Å². The van der Waals surface area contributed by atoms with E-state index >= 15 is 0 Å². The van der Waals surface area contributed by atoms with E-state index in [-0.39, 0.29) is 11.9 Å². The molecule has 2 aromatic heterocycles. The Morgan fingerprint density at radius 2 is 1.96 bits per heavy atom. The van der Waals surface area contributed by atoms with Gasteiger partial charge >= 0.3 is 0 Å². The monoisotopic (exact) mass is 344 g/mol. The van der Waals surface area contributed by atoms with E-state index in [4.69, 9.17) is 0 Å². The van der Waals surface area contributed by atoms with Gasteiger partial charge in [0.05, 0.1) is 17.9 Å². The number of aryl methyl sites for hydroxylation is 1. The Labute approximate surface area is 151 Å². The van der Waals surface area contributed by atoms with Crippen LogP contribution in [0.3, 0.4) is 0 Å². The van der Waals surface area contributed by atoms with Crippen molar-refractivity contribution in [3.63, 3.8) is 0 Å². The van der Waals surface area contributed by atoms with Crippen molar-refractivity contribution in [1.29, 1.82) is 0 Å². The highest BCUT2D eigenvalue weighted by Crippen LogP contribution is 2.20. The number of H-pyrrole nitrogens is 1. The lowest BCUT2D eigenvalue weighted by molar-refractivity contribution is 0.102. The van der Waals surface area contributed by atoms with E-state index in [1.807, 2.05) is 60.3 Å². The smallest absolute Gasteiger partial charge is 0.272 e. The van der Waals surface area contributed by atoms with Crippen LogP contribution in [0.2, 0.25) is 0 Å².